The summed E-state index contributed by atoms with van der Waals surface area (Å²) >= 11 is 0. The molecule has 0 unspecified atom stereocenters. The molecule has 0 bridgehead atoms. The van der Waals surface area contributed by atoms with Gasteiger partial charge < -0.3 is 4.74 Å². The quantitative estimate of drug-likeness (QED) is 0.312. The summed E-state index contributed by atoms with van der Waals surface area (Å²) in [7, 11) is 1.86. The fourth-order valence-electron chi connectivity index (χ4n) is 4.70. The third-order valence-corrected chi connectivity index (χ3v) is 6.49. The molecule has 2 aliphatic carbocycles. The number of unbranched alkanes of at least 4 members (excludes halogenated alkanes) is 1. The van der Waals surface area contributed by atoms with Crippen LogP contribution in [0.25, 0.3) is 0 Å². The molecule has 0 aromatic heterocycles. The molecule has 0 heterocycles. The summed E-state index contributed by atoms with van der Waals surface area (Å²) in [6.45, 7) is -0.178. The summed E-state index contributed by atoms with van der Waals surface area (Å²) in [4.78, 5) is 0. The minimum atomic E-state index is -0.178. The minimum absolute atomic E-state index is 0.178. The van der Waals surface area contributed by atoms with E-state index in [1.54, 1.807) is 0 Å². The molecule has 2 rings (SSSR count). The molecule has 0 aromatic carbocycles. The van der Waals surface area contributed by atoms with Crippen molar-refractivity contribution in [3.63, 3.8) is 0 Å². The summed E-state index contributed by atoms with van der Waals surface area (Å²) in [6.07, 6.45) is 23.2. The molecule has 0 radical (unpaired) electrons. The van der Waals surface area contributed by atoms with Gasteiger partial charge in [0.15, 0.2) is 0 Å². The van der Waals surface area contributed by atoms with Gasteiger partial charge in [-0.1, -0.05) is 50.7 Å². The number of hydrogen-bond donors (Lipinski definition) is 0. The number of methoxy groups -OCH3 is 1. The van der Waals surface area contributed by atoms with E-state index in [9.17, 15) is 4.39 Å². The van der Waals surface area contributed by atoms with Crippen LogP contribution in [0.3, 0.4) is 0 Å². The molecule has 2 aliphatic rings. The van der Waals surface area contributed by atoms with E-state index < -0.39 is 0 Å². The van der Waals surface area contributed by atoms with E-state index in [0.29, 0.717) is 12.5 Å². The van der Waals surface area contributed by atoms with Crippen LogP contribution in [0.5, 0.6) is 0 Å². The van der Waals surface area contributed by atoms with E-state index in [1.165, 1.54) is 77.0 Å². The first kappa shape index (κ1) is 19.9. The highest BCUT2D eigenvalue weighted by Gasteiger charge is 2.24. The van der Waals surface area contributed by atoms with Crippen LogP contribution in [0.2, 0.25) is 0 Å². The fraction of sp³-hybridized carbons (Fsp3) is 0.909. The Labute approximate surface area is 149 Å². The number of rotatable bonds is 10. The predicted octanol–water partition coefficient (Wildman–Crippen LogP) is 6.86. The number of ether oxygens (including phenoxy) is 1. The van der Waals surface area contributed by atoms with Crippen molar-refractivity contribution in [3.05, 3.63) is 12.2 Å². The van der Waals surface area contributed by atoms with Crippen LogP contribution in [0.1, 0.15) is 89.9 Å². The van der Waals surface area contributed by atoms with Gasteiger partial charge in [-0.05, 0) is 69.1 Å². The lowest BCUT2D eigenvalue weighted by Crippen LogP contribution is -2.21. The number of halogens is 1. The number of hydrogen-bond acceptors (Lipinski definition) is 1. The first-order valence-electron chi connectivity index (χ1n) is 10.6. The molecule has 0 saturated heterocycles. The van der Waals surface area contributed by atoms with Gasteiger partial charge in [0.25, 0.3) is 0 Å². The second-order valence-corrected chi connectivity index (χ2v) is 8.22. The molecular formula is C22H39FO. The highest BCUT2D eigenvalue weighted by atomic mass is 19.1. The van der Waals surface area contributed by atoms with Gasteiger partial charge >= 0.3 is 0 Å². The van der Waals surface area contributed by atoms with Crippen molar-refractivity contribution in [2.24, 2.45) is 17.8 Å². The molecular weight excluding hydrogens is 299 g/mol. The lowest BCUT2D eigenvalue weighted by atomic mass is 9.76. The van der Waals surface area contributed by atoms with Gasteiger partial charge in [-0.2, -0.15) is 0 Å². The van der Waals surface area contributed by atoms with Crippen LogP contribution in [0.15, 0.2) is 12.2 Å². The Balaban J connectivity index is 1.49. The van der Waals surface area contributed by atoms with Gasteiger partial charge in [0.1, 0.15) is 0 Å². The Morgan fingerprint density at radius 2 is 1.25 bits per heavy atom. The van der Waals surface area contributed by atoms with Crippen LogP contribution in [-0.2, 0) is 4.74 Å². The molecule has 0 N–H and O–H groups in total. The van der Waals surface area contributed by atoms with Crippen LogP contribution in [0, 0.1) is 17.8 Å². The third-order valence-electron chi connectivity index (χ3n) is 6.49. The zero-order chi connectivity index (χ0) is 17.0. The molecule has 0 spiro atoms. The molecule has 24 heavy (non-hydrogen) atoms. The van der Waals surface area contributed by atoms with Crippen molar-refractivity contribution in [2.75, 3.05) is 13.8 Å². The molecule has 0 amide bonds. The molecule has 1 nitrogen and oxygen atoms in total. The average molecular weight is 339 g/mol. The van der Waals surface area contributed by atoms with E-state index in [2.05, 4.69) is 12.2 Å². The van der Waals surface area contributed by atoms with Crippen molar-refractivity contribution in [2.45, 2.75) is 96.0 Å². The third kappa shape index (κ3) is 7.68. The lowest BCUT2D eigenvalue weighted by Gasteiger charge is -2.31. The number of alkyl halides is 1. The second kappa shape index (κ2) is 12.1. The SMILES string of the molecule is COC1CCC(CCC2CCC(CC/C=C/CCCF)CC2)CC1. The first-order chi connectivity index (χ1) is 11.8. The Hall–Kier alpha value is -0.370. The van der Waals surface area contributed by atoms with Crippen LogP contribution < -0.4 is 0 Å². The summed E-state index contributed by atoms with van der Waals surface area (Å²) < 4.78 is 17.5. The van der Waals surface area contributed by atoms with E-state index in [0.717, 1.165) is 24.2 Å². The summed E-state index contributed by atoms with van der Waals surface area (Å²) in [5.74, 6) is 2.93. The highest BCUT2D eigenvalue weighted by molar-refractivity contribution is 4.83. The molecule has 0 aromatic rings. The van der Waals surface area contributed by atoms with Gasteiger partial charge in [-0.15, -0.1) is 0 Å². The van der Waals surface area contributed by atoms with E-state index in [4.69, 9.17) is 4.74 Å². The van der Waals surface area contributed by atoms with Gasteiger partial charge in [0.05, 0.1) is 12.8 Å². The molecule has 140 valence electrons. The van der Waals surface area contributed by atoms with Gasteiger partial charge in [0, 0.05) is 7.11 Å². The molecule has 2 saturated carbocycles. The molecule has 2 fully saturated rings. The van der Waals surface area contributed by atoms with E-state index in [1.807, 2.05) is 7.11 Å². The maximum Gasteiger partial charge on any atom is 0.0897 e. The van der Waals surface area contributed by atoms with Gasteiger partial charge in [-0.25, -0.2) is 0 Å². The minimum Gasteiger partial charge on any atom is -0.381 e. The monoisotopic (exact) mass is 338 g/mol. The van der Waals surface area contributed by atoms with Crippen molar-refractivity contribution >= 4 is 0 Å². The maximum absolute atomic E-state index is 12.0. The Morgan fingerprint density at radius 3 is 1.79 bits per heavy atom. The van der Waals surface area contributed by atoms with Crippen LogP contribution in [0.4, 0.5) is 4.39 Å². The van der Waals surface area contributed by atoms with Crippen molar-refractivity contribution in [1.29, 1.82) is 0 Å². The summed E-state index contributed by atoms with van der Waals surface area (Å²) in [5.41, 5.74) is 0. The Morgan fingerprint density at radius 1 is 0.750 bits per heavy atom. The standard InChI is InChI=1S/C22H39FO/c1-24-22-16-14-21(15-17-22)13-12-20-10-8-19(9-11-20)7-5-3-2-4-6-18-23/h2-3,19-22H,4-18H2,1H3/b3-2+. The highest BCUT2D eigenvalue weighted by Crippen LogP contribution is 2.36. The smallest absolute Gasteiger partial charge is 0.0897 e. The predicted molar refractivity (Wildman–Crippen MR) is 101 cm³/mol. The zero-order valence-corrected chi connectivity index (χ0v) is 15.9. The topological polar surface area (TPSA) is 9.23 Å². The van der Waals surface area contributed by atoms with Crippen LogP contribution >= 0.6 is 0 Å². The largest absolute Gasteiger partial charge is 0.381 e. The van der Waals surface area contributed by atoms with Gasteiger partial charge in [-0.3, -0.25) is 4.39 Å². The van der Waals surface area contributed by atoms with Gasteiger partial charge in [0.2, 0.25) is 0 Å². The second-order valence-electron chi connectivity index (χ2n) is 8.22. The Bertz CT molecular complexity index is 325. The van der Waals surface area contributed by atoms with Crippen molar-refractivity contribution < 1.29 is 9.13 Å². The normalized spacial score (nSPS) is 31.6. The lowest BCUT2D eigenvalue weighted by molar-refractivity contribution is 0.0540. The summed E-state index contributed by atoms with van der Waals surface area (Å²) in [5, 5.41) is 0. The van der Waals surface area contributed by atoms with Crippen molar-refractivity contribution in [3.8, 4) is 0 Å². The molecule has 0 aliphatic heterocycles. The first-order valence-corrected chi connectivity index (χ1v) is 10.6. The van der Waals surface area contributed by atoms with Crippen molar-refractivity contribution in [1.82, 2.24) is 0 Å². The Kier molecular flexibility index (Phi) is 10.0. The fourth-order valence-corrected chi connectivity index (χ4v) is 4.70. The van der Waals surface area contributed by atoms with E-state index in [-0.39, 0.29) is 6.67 Å². The average Bonchev–Trinajstić information content (AvgIpc) is 2.64. The van der Waals surface area contributed by atoms with Crippen LogP contribution in [-0.4, -0.2) is 19.9 Å². The van der Waals surface area contributed by atoms with E-state index >= 15 is 0 Å². The zero-order valence-electron chi connectivity index (χ0n) is 15.9. The molecule has 0 atom stereocenters. The number of allylic oxidation sites excluding steroid dienone is 2. The molecule has 2 heteroatoms. The maximum atomic E-state index is 12.0. The summed E-state index contributed by atoms with van der Waals surface area (Å²) in [6, 6.07) is 0.